The van der Waals surface area contributed by atoms with Crippen LogP contribution in [0.3, 0.4) is 0 Å². The molecule has 0 fully saturated rings. The number of rotatable bonds is 7. The van der Waals surface area contributed by atoms with Crippen LogP contribution in [0.2, 0.25) is 0 Å². The predicted octanol–water partition coefficient (Wildman–Crippen LogP) is 4.66. The number of aromatic nitrogens is 2. The molecule has 1 atom stereocenters. The Labute approximate surface area is 157 Å². The lowest BCUT2D eigenvalue weighted by molar-refractivity contribution is -0.0690. The van der Waals surface area contributed by atoms with E-state index in [9.17, 15) is 22.7 Å². The fraction of sp³-hybridized carbons (Fsp3) is 0.316. The molecule has 2 N–H and O–H groups in total. The van der Waals surface area contributed by atoms with E-state index < -0.39 is 30.3 Å². The van der Waals surface area contributed by atoms with Crippen molar-refractivity contribution < 1.29 is 32.1 Å². The number of alkyl halides is 4. The van der Waals surface area contributed by atoms with Gasteiger partial charge in [-0.05, 0) is 40.5 Å². The van der Waals surface area contributed by atoms with Gasteiger partial charge in [0.1, 0.15) is 5.60 Å². The first-order valence-corrected chi connectivity index (χ1v) is 8.41. The van der Waals surface area contributed by atoms with E-state index in [2.05, 4.69) is 19.4 Å². The van der Waals surface area contributed by atoms with E-state index in [1.807, 2.05) is 13.8 Å². The van der Waals surface area contributed by atoms with Crippen LogP contribution in [0.1, 0.15) is 25.1 Å². The molecule has 0 aliphatic rings. The molecule has 0 saturated heterocycles. The van der Waals surface area contributed by atoms with Gasteiger partial charge in [0.15, 0.2) is 11.5 Å². The molecule has 2 aromatic carbocycles. The van der Waals surface area contributed by atoms with E-state index in [0.717, 1.165) is 0 Å². The Morgan fingerprint density at radius 2 is 1.57 bits per heavy atom. The summed E-state index contributed by atoms with van der Waals surface area (Å²) in [6.07, 6.45) is 2.93. The summed E-state index contributed by atoms with van der Waals surface area (Å²) in [5, 5.41) is 12.2. The standard InChI is InChI=1S/C19H18F4N2O3/c1-10(2)19(26,16-8-24-9-25-16)13-4-3-11-6-14(27-17(20)21)15(28-18(22)23)7-12(11)5-13/h3-10,17-18,26H,1-2H3,(H,24,25)/t19-/m0/s1. The number of aromatic amines is 1. The predicted molar refractivity (Wildman–Crippen MR) is 93.6 cm³/mol. The molecule has 3 aromatic rings. The monoisotopic (exact) mass is 398 g/mol. The van der Waals surface area contributed by atoms with Crippen molar-refractivity contribution >= 4 is 10.8 Å². The number of halogens is 4. The highest BCUT2D eigenvalue weighted by molar-refractivity contribution is 5.87. The Balaban J connectivity index is 2.14. The summed E-state index contributed by atoms with van der Waals surface area (Å²) in [6, 6.07) is 7.16. The second kappa shape index (κ2) is 7.67. The van der Waals surface area contributed by atoms with Crippen LogP contribution >= 0.6 is 0 Å². The van der Waals surface area contributed by atoms with Crippen molar-refractivity contribution in [2.24, 2.45) is 5.92 Å². The number of aliphatic hydroxyl groups is 1. The molecule has 0 radical (unpaired) electrons. The van der Waals surface area contributed by atoms with E-state index in [-0.39, 0.29) is 5.92 Å². The molecule has 1 aromatic heterocycles. The summed E-state index contributed by atoms with van der Waals surface area (Å²) in [5.74, 6) is -1.28. The van der Waals surface area contributed by atoms with Crippen molar-refractivity contribution in [3.8, 4) is 11.5 Å². The molecule has 3 rings (SSSR count). The maximum Gasteiger partial charge on any atom is 0.387 e. The fourth-order valence-electron chi connectivity index (χ4n) is 3.13. The van der Waals surface area contributed by atoms with Gasteiger partial charge >= 0.3 is 13.2 Å². The Morgan fingerprint density at radius 3 is 2.07 bits per heavy atom. The van der Waals surface area contributed by atoms with Crippen LogP contribution in [0.25, 0.3) is 10.8 Å². The van der Waals surface area contributed by atoms with Crippen LogP contribution in [0.15, 0.2) is 42.9 Å². The molecule has 0 aliphatic heterocycles. The van der Waals surface area contributed by atoms with Crippen molar-refractivity contribution in [3.05, 3.63) is 54.1 Å². The van der Waals surface area contributed by atoms with Gasteiger partial charge in [-0.1, -0.05) is 26.0 Å². The number of benzene rings is 2. The van der Waals surface area contributed by atoms with Crippen molar-refractivity contribution in [1.82, 2.24) is 9.97 Å². The van der Waals surface area contributed by atoms with Crippen molar-refractivity contribution in [1.29, 1.82) is 0 Å². The van der Waals surface area contributed by atoms with Crippen LogP contribution in [0, 0.1) is 5.92 Å². The maximum absolute atomic E-state index is 12.7. The van der Waals surface area contributed by atoms with Gasteiger partial charge in [-0.2, -0.15) is 17.6 Å². The Morgan fingerprint density at radius 1 is 0.964 bits per heavy atom. The summed E-state index contributed by atoms with van der Waals surface area (Å²) >= 11 is 0. The lowest BCUT2D eigenvalue weighted by Gasteiger charge is -2.32. The molecule has 9 heteroatoms. The van der Waals surface area contributed by atoms with E-state index in [4.69, 9.17) is 0 Å². The summed E-state index contributed by atoms with van der Waals surface area (Å²) in [7, 11) is 0. The van der Waals surface area contributed by atoms with E-state index in [0.29, 0.717) is 22.0 Å². The van der Waals surface area contributed by atoms with Gasteiger partial charge in [0, 0.05) is 0 Å². The molecular weight excluding hydrogens is 380 g/mol. The van der Waals surface area contributed by atoms with Gasteiger partial charge in [0.2, 0.25) is 0 Å². The molecule has 1 heterocycles. The number of fused-ring (bicyclic) bond motifs is 1. The normalized spacial score (nSPS) is 14.1. The fourth-order valence-corrected chi connectivity index (χ4v) is 3.13. The zero-order valence-corrected chi connectivity index (χ0v) is 15.0. The molecule has 0 spiro atoms. The molecule has 28 heavy (non-hydrogen) atoms. The minimum atomic E-state index is -3.21. The lowest BCUT2D eigenvalue weighted by atomic mass is 9.80. The third kappa shape index (κ3) is 3.75. The maximum atomic E-state index is 12.7. The summed E-state index contributed by atoms with van der Waals surface area (Å²) in [5.41, 5.74) is -0.486. The van der Waals surface area contributed by atoms with Crippen molar-refractivity contribution in [2.45, 2.75) is 32.7 Å². The number of H-pyrrole nitrogens is 1. The number of hydrogen-bond donors (Lipinski definition) is 2. The largest absolute Gasteiger partial charge is 0.431 e. The minimum Gasteiger partial charge on any atom is -0.431 e. The number of imidazole rings is 1. The molecule has 150 valence electrons. The van der Waals surface area contributed by atoms with Gasteiger partial charge in [-0.15, -0.1) is 0 Å². The lowest BCUT2D eigenvalue weighted by Crippen LogP contribution is -2.33. The number of hydrogen-bond acceptors (Lipinski definition) is 4. The van der Waals surface area contributed by atoms with Gasteiger partial charge in [0.05, 0.1) is 18.2 Å². The third-order valence-corrected chi connectivity index (χ3v) is 4.52. The number of nitrogens with one attached hydrogen (secondary N) is 1. The van der Waals surface area contributed by atoms with Crippen LogP contribution in [0.4, 0.5) is 17.6 Å². The van der Waals surface area contributed by atoms with Gasteiger partial charge in [-0.3, -0.25) is 0 Å². The smallest absolute Gasteiger partial charge is 0.387 e. The molecular formula is C19H18F4N2O3. The summed E-state index contributed by atoms with van der Waals surface area (Å²) < 4.78 is 59.2. The molecule has 0 amide bonds. The number of ether oxygens (including phenoxy) is 2. The van der Waals surface area contributed by atoms with E-state index >= 15 is 0 Å². The van der Waals surface area contributed by atoms with Crippen molar-refractivity contribution in [2.75, 3.05) is 0 Å². The van der Waals surface area contributed by atoms with E-state index in [1.54, 1.807) is 18.2 Å². The summed E-state index contributed by atoms with van der Waals surface area (Å²) in [4.78, 5) is 6.82. The molecule has 0 saturated carbocycles. The molecule has 0 bridgehead atoms. The third-order valence-electron chi connectivity index (χ3n) is 4.52. The van der Waals surface area contributed by atoms with Gasteiger partial charge in [-0.25, -0.2) is 4.98 Å². The molecule has 0 unspecified atom stereocenters. The van der Waals surface area contributed by atoms with Crippen LogP contribution in [0.5, 0.6) is 11.5 Å². The number of nitrogens with zero attached hydrogens (tertiary/aromatic N) is 1. The zero-order chi connectivity index (χ0) is 20.5. The Kier molecular flexibility index (Phi) is 5.46. The van der Waals surface area contributed by atoms with Crippen LogP contribution < -0.4 is 9.47 Å². The highest BCUT2D eigenvalue weighted by Gasteiger charge is 2.36. The second-order valence-electron chi connectivity index (χ2n) is 6.50. The van der Waals surface area contributed by atoms with Crippen molar-refractivity contribution in [3.63, 3.8) is 0 Å². The zero-order valence-electron chi connectivity index (χ0n) is 15.0. The van der Waals surface area contributed by atoms with Gasteiger partial charge in [0.25, 0.3) is 0 Å². The van der Waals surface area contributed by atoms with Gasteiger partial charge < -0.3 is 19.6 Å². The van der Waals surface area contributed by atoms with Crippen LogP contribution in [-0.4, -0.2) is 28.3 Å². The summed E-state index contributed by atoms with van der Waals surface area (Å²) in [6.45, 7) is -2.77. The Hall–Kier alpha value is -2.81. The topological polar surface area (TPSA) is 67.4 Å². The molecule has 0 aliphatic carbocycles. The Bertz CT molecular complexity index is 948. The SMILES string of the molecule is CC(C)[C@](O)(c1ccc2cc(OC(F)F)c(OC(F)F)cc2c1)c1cnc[nH]1. The average Bonchev–Trinajstić information content (AvgIpc) is 3.15. The van der Waals surface area contributed by atoms with E-state index in [1.165, 1.54) is 24.7 Å². The first-order valence-electron chi connectivity index (χ1n) is 8.41. The average molecular weight is 398 g/mol. The quantitative estimate of drug-likeness (QED) is 0.568. The second-order valence-corrected chi connectivity index (χ2v) is 6.50. The van der Waals surface area contributed by atoms with Crippen LogP contribution in [-0.2, 0) is 5.60 Å². The highest BCUT2D eigenvalue weighted by atomic mass is 19.3. The first kappa shape index (κ1) is 19.9. The minimum absolute atomic E-state index is 0.261. The molecule has 5 nitrogen and oxygen atoms in total. The highest BCUT2D eigenvalue weighted by Crippen LogP contribution is 2.39. The first-order chi connectivity index (χ1) is 13.2.